The van der Waals surface area contributed by atoms with Crippen LogP contribution in [0.25, 0.3) is 0 Å². The van der Waals surface area contributed by atoms with Gasteiger partial charge in [0.1, 0.15) is 0 Å². The van der Waals surface area contributed by atoms with Crippen molar-refractivity contribution >= 4 is 5.97 Å². The van der Waals surface area contributed by atoms with E-state index in [1.54, 1.807) is 6.92 Å². The minimum atomic E-state index is -0.571. The Morgan fingerprint density at radius 2 is 2.31 bits per heavy atom. The minimum Gasteiger partial charge on any atom is -0.466 e. The predicted octanol–water partition coefficient (Wildman–Crippen LogP) is 0.0378. The van der Waals surface area contributed by atoms with Crippen LogP contribution in [0.1, 0.15) is 26.2 Å². The SMILES string of the molecule is CCOC(=O)C1CC(N)CCC1O. The van der Waals surface area contributed by atoms with Gasteiger partial charge in [-0.25, -0.2) is 0 Å². The molecular weight excluding hydrogens is 170 g/mol. The van der Waals surface area contributed by atoms with E-state index in [4.69, 9.17) is 10.5 Å². The highest BCUT2D eigenvalue weighted by Crippen LogP contribution is 2.24. The van der Waals surface area contributed by atoms with Gasteiger partial charge in [0.05, 0.1) is 18.6 Å². The highest BCUT2D eigenvalue weighted by molar-refractivity contribution is 5.73. The summed E-state index contributed by atoms with van der Waals surface area (Å²) in [6.07, 6.45) is 1.36. The molecule has 1 saturated carbocycles. The first-order chi connectivity index (χ1) is 6.15. The normalized spacial score (nSPS) is 34.2. The van der Waals surface area contributed by atoms with Crippen LogP contribution in [0, 0.1) is 5.92 Å². The Balaban J connectivity index is 2.50. The monoisotopic (exact) mass is 187 g/mol. The largest absolute Gasteiger partial charge is 0.466 e. The van der Waals surface area contributed by atoms with Crippen molar-refractivity contribution < 1.29 is 14.6 Å². The number of nitrogens with two attached hydrogens (primary N) is 1. The maximum atomic E-state index is 11.3. The second-order valence-electron chi connectivity index (χ2n) is 3.50. The summed E-state index contributed by atoms with van der Waals surface area (Å²) in [4.78, 5) is 11.3. The van der Waals surface area contributed by atoms with Crippen molar-refractivity contribution in [2.45, 2.75) is 38.3 Å². The number of aliphatic hydroxyl groups is 1. The summed E-state index contributed by atoms with van der Waals surface area (Å²) in [6, 6.07) is 0.0257. The first-order valence-corrected chi connectivity index (χ1v) is 4.75. The first kappa shape index (κ1) is 10.5. The van der Waals surface area contributed by atoms with Crippen molar-refractivity contribution in [1.29, 1.82) is 0 Å². The molecule has 0 bridgehead atoms. The number of hydrogen-bond acceptors (Lipinski definition) is 4. The van der Waals surface area contributed by atoms with Crippen LogP contribution in [0.3, 0.4) is 0 Å². The molecule has 1 fully saturated rings. The molecular formula is C9H17NO3. The molecule has 0 saturated heterocycles. The van der Waals surface area contributed by atoms with Crippen LogP contribution in [-0.2, 0) is 9.53 Å². The van der Waals surface area contributed by atoms with E-state index in [1.807, 2.05) is 0 Å². The first-order valence-electron chi connectivity index (χ1n) is 4.75. The predicted molar refractivity (Wildman–Crippen MR) is 48.0 cm³/mol. The molecule has 4 heteroatoms. The lowest BCUT2D eigenvalue weighted by Gasteiger charge is -2.29. The Labute approximate surface area is 78.1 Å². The van der Waals surface area contributed by atoms with Gasteiger partial charge in [-0.05, 0) is 26.2 Å². The van der Waals surface area contributed by atoms with Crippen LogP contribution in [-0.4, -0.2) is 29.8 Å². The number of ether oxygens (including phenoxy) is 1. The maximum Gasteiger partial charge on any atom is 0.311 e. The quantitative estimate of drug-likeness (QED) is 0.598. The van der Waals surface area contributed by atoms with Crippen LogP contribution >= 0.6 is 0 Å². The Hall–Kier alpha value is -0.610. The lowest BCUT2D eigenvalue weighted by Crippen LogP contribution is -2.40. The number of aliphatic hydroxyl groups excluding tert-OH is 1. The molecule has 1 aliphatic rings. The van der Waals surface area contributed by atoms with Crippen molar-refractivity contribution in [3.63, 3.8) is 0 Å². The smallest absolute Gasteiger partial charge is 0.311 e. The fourth-order valence-corrected chi connectivity index (χ4v) is 1.69. The molecule has 0 radical (unpaired) electrons. The Kier molecular flexibility index (Phi) is 3.69. The lowest BCUT2D eigenvalue weighted by atomic mass is 9.84. The van der Waals surface area contributed by atoms with Crippen molar-refractivity contribution in [3.05, 3.63) is 0 Å². The molecule has 1 aliphatic carbocycles. The van der Waals surface area contributed by atoms with Crippen molar-refractivity contribution in [3.8, 4) is 0 Å². The molecule has 1 rings (SSSR count). The van der Waals surface area contributed by atoms with E-state index in [-0.39, 0.29) is 12.0 Å². The Morgan fingerprint density at radius 1 is 1.62 bits per heavy atom. The topological polar surface area (TPSA) is 72.5 Å². The molecule has 0 amide bonds. The van der Waals surface area contributed by atoms with Gasteiger partial charge in [0.25, 0.3) is 0 Å². The molecule has 3 atom stereocenters. The molecule has 0 aromatic carbocycles. The summed E-state index contributed by atoms with van der Waals surface area (Å²) in [6.45, 7) is 2.12. The van der Waals surface area contributed by atoms with E-state index >= 15 is 0 Å². The summed E-state index contributed by atoms with van der Waals surface area (Å²) >= 11 is 0. The maximum absolute atomic E-state index is 11.3. The molecule has 0 heterocycles. The van der Waals surface area contributed by atoms with E-state index in [9.17, 15) is 9.90 Å². The van der Waals surface area contributed by atoms with Gasteiger partial charge in [-0.3, -0.25) is 4.79 Å². The van der Waals surface area contributed by atoms with Gasteiger partial charge in [0.15, 0.2) is 0 Å². The van der Waals surface area contributed by atoms with Crippen molar-refractivity contribution in [1.82, 2.24) is 0 Å². The number of hydrogen-bond donors (Lipinski definition) is 2. The fraction of sp³-hybridized carbons (Fsp3) is 0.889. The molecule has 76 valence electrons. The van der Waals surface area contributed by atoms with E-state index < -0.39 is 12.0 Å². The van der Waals surface area contributed by atoms with Crippen molar-refractivity contribution in [2.24, 2.45) is 11.7 Å². The average molecular weight is 187 g/mol. The van der Waals surface area contributed by atoms with Crippen LogP contribution in [0.5, 0.6) is 0 Å². The molecule has 13 heavy (non-hydrogen) atoms. The number of esters is 1. The molecule has 0 aromatic rings. The highest BCUT2D eigenvalue weighted by atomic mass is 16.5. The van der Waals surface area contributed by atoms with E-state index in [0.29, 0.717) is 19.4 Å². The van der Waals surface area contributed by atoms with E-state index in [2.05, 4.69) is 0 Å². The summed E-state index contributed by atoms with van der Waals surface area (Å²) in [7, 11) is 0. The van der Waals surface area contributed by atoms with Gasteiger partial charge >= 0.3 is 5.97 Å². The molecule has 0 spiro atoms. The summed E-state index contributed by atoms with van der Waals surface area (Å²) < 4.78 is 4.85. The molecule has 0 aromatic heterocycles. The Bertz CT molecular complexity index is 184. The van der Waals surface area contributed by atoms with Gasteiger partial charge < -0.3 is 15.6 Å². The van der Waals surface area contributed by atoms with E-state index in [0.717, 1.165) is 6.42 Å². The summed E-state index contributed by atoms with van der Waals surface area (Å²) in [5.41, 5.74) is 5.70. The van der Waals surface area contributed by atoms with Crippen LogP contribution in [0.4, 0.5) is 0 Å². The number of carbonyl (C=O) groups is 1. The second kappa shape index (κ2) is 4.58. The summed E-state index contributed by atoms with van der Waals surface area (Å²) in [5.74, 6) is -0.728. The molecule has 3 N–H and O–H groups in total. The molecule has 3 unspecified atom stereocenters. The van der Waals surface area contributed by atoms with Gasteiger partial charge in [-0.1, -0.05) is 0 Å². The third-order valence-corrected chi connectivity index (χ3v) is 2.44. The minimum absolute atomic E-state index is 0.0257. The number of rotatable bonds is 2. The lowest BCUT2D eigenvalue weighted by molar-refractivity contribution is -0.154. The number of carbonyl (C=O) groups excluding carboxylic acids is 1. The standard InChI is InChI=1S/C9H17NO3/c1-2-13-9(12)7-5-6(10)3-4-8(7)11/h6-8,11H,2-5,10H2,1H3. The summed E-state index contributed by atoms with van der Waals surface area (Å²) in [5, 5.41) is 9.53. The second-order valence-corrected chi connectivity index (χ2v) is 3.50. The highest BCUT2D eigenvalue weighted by Gasteiger charge is 2.33. The Morgan fingerprint density at radius 3 is 2.92 bits per heavy atom. The third kappa shape index (κ3) is 2.67. The zero-order valence-corrected chi connectivity index (χ0v) is 7.90. The molecule has 4 nitrogen and oxygen atoms in total. The van der Waals surface area contributed by atoms with Gasteiger partial charge in [0.2, 0.25) is 0 Å². The zero-order chi connectivity index (χ0) is 9.84. The van der Waals surface area contributed by atoms with Gasteiger partial charge in [-0.2, -0.15) is 0 Å². The van der Waals surface area contributed by atoms with Crippen molar-refractivity contribution in [2.75, 3.05) is 6.61 Å². The third-order valence-electron chi connectivity index (χ3n) is 2.44. The molecule has 0 aliphatic heterocycles. The van der Waals surface area contributed by atoms with Gasteiger partial charge in [-0.15, -0.1) is 0 Å². The average Bonchev–Trinajstić information content (AvgIpc) is 2.09. The van der Waals surface area contributed by atoms with Crippen LogP contribution in [0.15, 0.2) is 0 Å². The van der Waals surface area contributed by atoms with Crippen LogP contribution in [0.2, 0.25) is 0 Å². The zero-order valence-electron chi connectivity index (χ0n) is 7.90. The fourth-order valence-electron chi connectivity index (χ4n) is 1.69. The van der Waals surface area contributed by atoms with Crippen LogP contribution < -0.4 is 5.73 Å². The van der Waals surface area contributed by atoms with E-state index in [1.165, 1.54) is 0 Å². The van der Waals surface area contributed by atoms with Gasteiger partial charge in [0, 0.05) is 6.04 Å².